The number of rotatable bonds is 5. The van der Waals surface area contributed by atoms with E-state index in [4.69, 9.17) is 9.84 Å². The zero-order valence-electron chi connectivity index (χ0n) is 14.6. The summed E-state index contributed by atoms with van der Waals surface area (Å²) < 4.78 is 45.8. The lowest BCUT2D eigenvalue weighted by Gasteiger charge is -2.26. The number of anilines is 1. The summed E-state index contributed by atoms with van der Waals surface area (Å²) in [6.45, 7) is 0.642. The maximum absolute atomic E-state index is 14.2. The second kappa shape index (κ2) is 8.05. The Balaban J connectivity index is 1.83. The van der Waals surface area contributed by atoms with Crippen LogP contribution in [0.25, 0.3) is 0 Å². The van der Waals surface area contributed by atoms with Crippen molar-refractivity contribution in [3.8, 4) is 0 Å². The number of hydrogen-bond donors (Lipinski definition) is 2. The number of carbonyl (C=O) groups is 2. The van der Waals surface area contributed by atoms with Crippen molar-refractivity contribution in [1.29, 1.82) is 0 Å². The van der Waals surface area contributed by atoms with Crippen LogP contribution in [0.5, 0.6) is 0 Å². The van der Waals surface area contributed by atoms with Gasteiger partial charge in [-0.05, 0) is 42.5 Å². The first-order chi connectivity index (χ1) is 13.3. The number of aromatic carboxylic acids is 1. The molecule has 2 aromatic carbocycles. The number of carbonyl (C=O) groups excluding carboxylic acids is 1. The maximum Gasteiger partial charge on any atom is 0.335 e. The van der Waals surface area contributed by atoms with Crippen LogP contribution in [0.3, 0.4) is 0 Å². The van der Waals surface area contributed by atoms with Crippen LogP contribution in [0.4, 0.5) is 10.1 Å². The molecule has 0 radical (unpaired) electrons. The highest BCUT2D eigenvalue weighted by atomic mass is 32.2. The fraction of sp³-hybridized carbons (Fsp3) is 0.222. The van der Waals surface area contributed by atoms with Crippen molar-refractivity contribution in [1.82, 2.24) is 4.31 Å². The molecule has 28 heavy (non-hydrogen) atoms. The Morgan fingerprint density at radius 1 is 1.04 bits per heavy atom. The van der Waals surface area contributed by atoms with E-state index in [9.17, 15) is 22.4 Å². The summed E-state index contributed by atoms with van der Waals surface area (Å²) in [5.41, 5.74) is 0.325. The molecule has 0 atom stereocenters. The molecule has 0 aliphatic carbocycles. The van der Waals surface area contributed by atoms with Crippen LogP contribution in [0.15, 0.2) is 47.4 Å². The highest BCUT2D eigenvalue weighted by molar-refractivity contribution is 7.89. The zero-order chi connectivity index (χ0) is 20.3. The van der Waals surface area contributed by atoms with Crippen LogP contribution in [-0.4, -0.2) is 56.0 Å². The zero-order valence-corrected chi connectivity index (χ0v) is 15.4. The van der Waals surface area contributed by atoms with Gasteiger partial charge in [-0.15, -0.1) is 0 Å². The van der Waals surface area contributed by atoms with E-state index in [0.717, 1.165) is 16.4 Å². The van der Waals surface area contributed by atoms with E-state index in [1.807, 2.05) is 0 Å². The van der Waals surface area contributed by atoms with E-state index in [1.165, 1.54) is 30.3 Å². The number of hydrogen-bond acceptors (Lipinski definition) is 5. The number of sulfonamides is 1. The van der Waals surface area contributed by atoms with Gasteiger partial charge >= 0.3 is 5.97 Å². The standard InChI is InChI=1S/C18H17FN2O6S/c19-15-6-3-13(11-16(15)28(25,26)21-7-9-27-10-8-21)17(22)20-14-4-1-12(2-5-14)18(23)24/h1-6,11H,7-10H2,(H,20,22)(H,23,24). The van der Waals surface area contributed by atoms with E-state index in [0.29, 0.717) is 5.69 Å². The van der Waals surface area contributed by atoms with E-state index >= 15 is 0 Å². The molecule has 1 aliphatic rings. The van der Waals surface area contributed by atoms with Gasteiger partial charge in [0.15, 0.2) is 0 Å². The largest absolute Gasteiger partial charge is 0.478 e. The SMILES string of the molecule is O=C(O)c1ccc(NC(=O)c2ccc(F)c(S(=O)(=O)N3CCOCC3)c2)cc1. The van der Waals surface area contributed by atoms with Gasteiger partial charge in [0.2, 0.25) is 10.0 Å². The van der Waals surface area contributed by atoms with Crippen molar-refractivity contribution in [3.63, 3.8) is 0 Å². The second-order valence-corrected chi connectivity index (χ2v) is 7.90. The van der Waals surface area contributed by atoms with Gasteiger partial charge in [-0.2, -0.15) is 4.31 Å². The summed E-state index contributed by atoms with van der Waals surface area (Å²) >= 11 is 0. The molecule has 2 N–H and O–H groups in total. The van der Waals surface area contributed by atoms with E-state index in [2.05, 4.69) is 5.32 Å². The third-order valence-corrected chi connectivity index (χ3v) is 6.08. The first-order valence-electron chi connectivity index (χ1n) is 8.31. The maximum atomic E-state index is 14.2. The fourth-order valence-electron chi connectivity index (χ4n) is 2.67. The molecule has 0 bridgehead atoms. The van der Waals surface area contributed by atoms with Gasteiger partial charge in [-0.3, -0.25) is 4.79 Å². The van der Waals surface area contributed by atoms with Gasteiger partial charge in [-0.1, -0.05) is 0 Å². The summed E-state index contributed by atoms with van der Waals surface area (Å²) in [6.07, 6.45) is 0. The van der Waals surface area contributed by atoms with Gasteiger partial charge in [0, 0.05) is 24.3 Å². The van der Waals surface area contributed by atoms with Gasteiger partial charge < -0.3 is 15.2 Å². The van der Waals surface area contributed by atoms with Crippen molar-refractivity contribution in [2.24, 2.45) is 0 Å². The Morgan fingerprint density at radius 2 is 1.64 bits per heavy atom. The Hall–Kier alpha value is -2.82. The quantitative estimate of drug-likeness (QED) is 0.780. The summed E-state index contributed by atoms with van der Waals surface area (Å²) in [7, 11) is -4.10. The normalized spacial score (nSPS) is 15.2. The van der Waals surface area contributed by atoms with Crippen molar-refractivity contribution < 1.29 is 32.2 Å². The molecule has 1 aliphatic heterocycles. The minimum absolute atomic E-state index is 0.0458. The Kier molecular flexibility index (Phi) is 5.73. The molecular formula is C18H17FN2O6S. The average Bonchev–Trinajstić information content (AvgIpc) is 2.69. The van der Waals surface area contributed by atoms with Gasteiger partial charge in [0.1, 0.15) is 10.7 Å². The van der Waals surface area contributed by atoms with Gasteiger partial charge in [-0.25, -0.2) is 17.6 Å². The summed E-state index contributed by atoms with van der Waals surface area (Å²) in [6, 6.07) is 8.52. The molecule has 8 nitrogen and oxygen atoms in total. The molecule has 3 rings (SSSR count). The fourth-order valence-corrected chi connectivity index (χ4v) is 4.17. The Labute approximate surface area is 160 Å². The molecular weight excluding hydrogens is 391 g/mol. The molecule has 1 saturated heterocycles. The van der Waals surface area contributed by atoms with Crippen LogP contribution >= 0.6 is 0 Å². The number of amides is 1. The number of morpholine rings is 1. The van der Waals surface area contributed by atoms with Crippen LogP contribution in [0, 0.1) is 5.82 Å². The van der Waals surface area contributed by atoms with Crippen LogP contribution in [-0.2, 0) is 14.8 Å². The topological polar surface area (TPSA) is 113 Å². The first kappa shape index (κ1) is 19.9. The third kappa shape index (κ3) is 4.19. The smallest absolute Gasteiger partial charge is 0.335 e. The van der Waals surface area contributed by atoms with E-state index in [1.54, 1.807) is 0 Å². The molecule has 0 saturated carbocycles. The van der Waals surface area contributed by atoms with Crippen molar-refractivity contribution in [3.05, 3.63) is 59.4 Å². The highest BCUT2D eigenvalue weighted by Crippen LogP contribution is 2.22. The monoisotopic (exact) mass is 408 g/mol. The highest BCUT2D eigenvalue weighted by Gasteiger charge is 2.29. The Morgan fingerprint density at radius 3 is 2.25 bits per heavy atom. The molecule has 10 heteroatoms. The van der Waals surface area contributed by atoms with E-state index in [-0.39, 0.29) is 37.4 Å². The number of halogens is 1. The van der Waals surface area contributed by atoms with Crippen LogP contribution in [0.2, 0.25) is 0 Å². The lowest BCUT2D eigenvalue weighted by Crippen LogP contribution is -2.41. The number of carboxylic acids is 1. The van der Waals surface area contributed by atoms with E-state index < -0.39 is 32.6 Å². The average molecular weight is 408 g/mol. The molecule has 1 fully saturated rings. The van der Waals surface area contributed by atoms with Crippen LogP contribution < -0.4 is 5.32 Å². The summed E-state index contributed by atoms with van der Waals surface area (Å²) in [5.74, 6) is -2.70. The lowest BCUT2D eigenvalue weighted by atomic mass is 10.2. The predicted molar refractivity (Wildman–Crippen MR) is 97.3 cm³/mol. The molecule has 2 aromatic rings. The van der Waals surface area contributed by atoms with Crippen LogP contribution in [0.1, 0.15) is 20.7 Å². The van der Waals surface area contributed by atoms with Gasteiger partial charge in [0.05, 0.1) is 18.8 Å². The third-order valence-electron chi connectivity index (χ3n) is 4.17. The Bertz CT molecular complexity index is 1000. The minimum atomic E-state index is -4.10. The van der Waals surface area contributed by atoms with Crippen molar-refractivity contribution >= 4 is 27.6 Å². The number of carboxylic acid groups (broad SMARTS) is 1. The minimum Gasteiger partial charge on any atom is -0.478 e. The molecule has 1 amide bonds. The molecule has 148 valence electrons. The summed E-state index contributed by atoms with van der Waals surface area (Å²) in [5, 5.41) is 11.4. The lowest BCUT2D eigenvalue weighted by molar-refractivity contribution is 0.0696. The number of benzene rings is 2. The molecule has 1 heterocycles. The van der Waals surface area contributed by atoms with Gasteiger partial charge in [0.25, 0.3) is 5.91 Å². The number of ether oxygens (including phenoxy) is 1. The second-order valence-electron chi connectivity index (χ2n) is 6.00. The molecule has 0 aromatic heterocycles. The molecule has 0 unspecified atom stereocenters. The first-order valence-corrected chi connectivity index (χ1v) is 9.75. The summed E-state index contributed by atoms with van der Waals surface area (Å²) in [4.78, 5) is 22.7. The number of nitrogens with one attached hydrogen (secondary N) is 1. The van der Waals surface area contributed by atoms with Crippen molar-refractivity contribution in [2.45, 2.75) is 4.90 Å². The number of nitrogens with zero attached hydrogens (tertiary/aromatic N) is 1. The predicted octanol–water partition coefficient (Wildman–Crippen LogP) is 1.80. The molecule has 0 spiro atoms. The van der Waals surface area contributed by atoms with Crippen molar-refractivity contribution in [2.75, 3.05) is 31.6 Å².